The molecule has 162 valence electrons. The number of nitrogens with one attached hydrogen (secondary N) is 1. The Morgan fingerprint density at radius 3 is 1.52 bits per heavy atom. The molecule has 1 rings (SSSR count). The van der Waals surface area contributed by atoms with Crippen molar-refractivity contribution in [2.75, 3.05) is 13.2 Å². The van der Waals surface area contributed by atoms with Gasteiger partial charge < -0.3 is 4.84 Å². The average molecular weight is 382 g/mol. The van der Waals surface area contributed by atoms with E-state index in [0.29, 0.717) is 0 Å². The third-order valence-corrected chi connectivity index (χ3v) is 6.30. The van der Waals surface area contributed by atoms with Crippen LogP contribution in [0, 0.1) is 5.92 Å². The molecule has 27 heavy (non-hydrogen) atoms. The van der Waals surface area contributed by atoms with E-state index in [-0.39, 0.29) is 0 Å². The molecule has 0 bridgehead atoms. The van der Waals surface area contributed by atoms with Crippen LogP contribution in [0.25, 0.3) is 0 Å². The van der Waals surface area contributed by atoms with Crippen LogP contribution in [0.15, 0.2) is 0 Å². The predicted octanol–water partition coefficient (Wildman–Crippen LogP) is 8.35. The van der Waals surface area contributed by atoms with E-state index >= 15 is 0 Å². The maximum atomic E-state index is 5.61. The maximum absolute atomic E-state index is 5.61. The Labute approximate surface area is 171 Å². The zero-order valence-corrected chi connectivity index (χ0v) is 18.7. The van der Waals surface area contributed by atoms with E-state index in [2.05, 4.69) is 12.4 Å². The first-order valence-corrected chi connectivity index (χ1v) is 12.8. The van der Waals surface area contributed by atoms with E-state index in [9.17, 15) is 0 Å². The molecule has 2 heteroatoms. The summed E-state index contributed by atoms with van der Waals surface area (Å²) in [4.78, 5) is 5.61. The molecule has 1 aliphatic rings. The van der Waals surface area contributed by atoms with E-state index in [1.807, 2.05) is 0 Å². The highest BCUT2D eigenvalue weighted by atomic mass is 16.6. The van der Waals surface area contributed by atoms with E-state index in [0.717, 1.165) is 19.1 Å². The molecule has 0 spiro atoms. The maximum Gasteiger partial charge on any atom is 0.0682 e. The van der Waals surface area contributed by atoms with Gasteiger partial charge in [-0.2, -0.15) is 0 Å². The van der Waals surface area contributed by atoms with Crippen LogP contribution in [-0.4, -0.2) is 13.2 Å². The second-order valence-corrected chi connectivity index (χ2v) is 9.00. The monoisotopic (exact) mass is 381 g/mol. The number of hydrogen-bond donors (Lipinski definition) is 1. The van der Waals surface area contributed by atoms with Gasteiger partial charge in [0.1, 0.15) is 0 Å². The molecule has 0 aromatic rings. The fourth-order valence-corrected chi connectivity index (χ4v) is 4.36. The van der Waals surface area contributed by atoms with Crippen molar-refractivity contribution in [2.45, 2.75) is 142 Å². The Morgan fingerprint density at radius 1 is 0.593 bits per heavy atom. The van der Waals surface area contributed by atoms with Gasteiger partial charge in [-0.25, -0.2) is 5.48 Å². The lowest BCUT2D eigenvalue weighted by Gasteiger charge is -2.21. The third kappa shape index (κ3) is 17.7. The molecule has 1 aliphatic carbocycles. The van der Waals surface area contributed by atoms with Crippen molar-refractivity contribution in [3.8, 4) is 0 Å². The molecule has 1 fully saturated rings. The highest BCUT2D eigenvalue weighted by Crippen LogP contribution is 2.22. The summed E-state index contributed by atoms with van der Waals surface area (Å²) in [5.41, 5.74) is 3.21. The molecule has 0 aromatic heterocycles. The first-order chi connectivity index (χ1) is 13.4. The van der Waals surface area contributed by atoms with Crippen LogP contribution in [0.2, 0.25) is 0 Å². The van der Waals surface area contributed by atoms with Gasteiger partial charge in [-0.05, 0) is 25.2 Å². The standard InChI is InChI=1S/C25H51NO/c1-2-3-4-5-6-7-8-9-10-11-12-13-14-15-16-20-23-27-26-24-25-21-18-17-19-22-25/h25-26H,2-24H2,1H3. The molecular weight excluding hydrogens is 330 g/mol. The van der Waals surface area contributed by atoms with Crippen molar-refractivity contribution in [1.82, 2.24) is 5.48 Å². The van der Waals surface area contributed by atoms with Gasteiger partial charge in [0.25, 0.3) is 0 Å². The normalized spacial score (nSPS) is 15.4. The van der Waals surface area contributed by atoms with E-state index in [1.165, 1.54) is 135 Å². The zero-order valence-electron chi connectivity index (χ0n) is 18.7. The van der Waals surface area contributed by atoms with Crippen molar-refractivity contribution in [1.29, 1.82) is 0 Å². The number of hydroxylamine groups is 1. The van der Waals surface area contributed by atoms with Crippen LogP contribution < -0.4 is 5.48 Å². The summed E-state index contributed by atoms with van der Waals surface area (Å²) in [5, 5.41) is 0. The second kappa shape index (κ2) is 20.6. The second-order valence-electron chi connectivity index (χ2n) is 9.00. The third-order valence-electron chi connectivity index (χ3n) is 6.30. The highest BCUT2D eigenvalue weighted by molar-refractivity contribution is 4.66. The summed E-state index contributed by atoms with van der Waals surface area (Å²) in [5.74, 6) is 0.865. The van der Waals surface area contributed by atoms with Crippen molar-refractivity contribution in [2.24, 2.45) is 5.92 Å². The Balaban J connectivity index is 1.64. The minimum absolute atomic E-state index is 0.865. The predicted molar refractivity (Wildman–Crippen MR) is 120 cm³/mol. The lowest BCUT2D eigenvalue weighted by molar-refractivity contribution is 0.0265. The van der Waals surface area contributed by atoms with Gasteiger partial charge in [0.15, 0.2) is 0 Å². The lowest BCUT2D eigenvalue weighted by atomic mass is 9.89. The number of rotatable bonds is 20. The molecule has 0 heterocycles. The molecule has 1 N–H and O–H groups in total. The Kier molecular flexibility index (Phi) is 19.1. The van der Waals surface area contributed by atoms with Crippen LogP contribution in [0.3, 0.4) is 0 Å². The fourth-order valence-electron chi connectivity index (χ4n) is 4.36. The summed E-state index contributed by atoms with van der Waals surface area (Å²) in [6.07, 6.45) is 29.9. The molecule has 0 aromatic carbocycles. The van der Waals surface area contributed by atoms with E-state index < -0.39 is 0 Å². The zero-order chi connectivity index (χ0) is 19.3. The van der Waals surface area contributed by atoms with E-state index in [4.69, 9.17) is 4.84 Å². The summed E-state index contributed by atoms with van der Waals surface area (Å²) >= 11 is 0. The molecule has 0 saturated heterocycles. The smallest absolute Gasteiger partial charge is 0.0682 e. The minimum Gasteiger partial charge on any atom is -0.302 e. The topological polar surface area (TPSA) is 21.3 Å². The number of unbranched alkanes of at least 4 members (excludes halogenated alkanes) is 15. The quantitative estimate of drug-likeness (QED) is 0.169. The lowest BCUT2D eigenvalue weighted by Crippen LogP contribution is -2.25. The Hall–Kier alpha value is -0.0800. The minimum atomic E-state index is 0.865. The van der Waals surface area contributed by atoms with Gasteiger partial charge in [-0.15, -0.1) is 0 Å². The molecule has 0 radical (unpaired) electrons. The Morgan fingerprint density at radius 2 is 1.04 bits per heavy atom. The van der Waals surface area contributed by atoms with Crippen LogP contribution in [-0.2, 0) is 4.84 Å². The molecular formula is C25H51NO. The van der Waals surface area contributed by atoms with Gasteiger partial charge >= 0.3 is 0 Å². The summed E-state index contributed by atoms with van der Waals surface area (Å²) in [6, 6.07) is 0. The van der Waals surface area contributed by atoms with Crippen LogP contribution in [0.4, 0.5) is 0 Å². The Bertz CT molecular complexity index is 275. The first-order valence-electron chi connectivity index (χ1n) is 12.8. The van der Waals surface area contributed by atoms with Crippen molar-refractivity contribution in [3.05, 3.63) is 0 Å². The van der Waals surface area contributed by atoms with Gasteiger partial charge in [-0.1, -0.05) is 122 Å². The molecule has 1 saturated carbocycles. The van der Waals surface area contributed by atoms with Crippen LogP contribution in [0.5, 0.6) is 0 Å². The highest BCUT2D eigenvalue weighted by Gasteiger charge is 2.12. The fraction of sp³-hybridized carbons (Fsp3) is 1.00. The van der Waals surface area contributed by atoms with Gasteiger partial charge in [0.2, 0.25) is 0 Å². The summed E-state index contributed by atoms with van der Waals surface area (Å²) < 4.78 is 0. The molecule has 0 unspecified atom stereocenters. The van der Waals surface area contributed by atoms with Crippen molar-refractivity contribution >= 4 is 0 Å². The summed E-state index contributed by atoms with van der Waals surface area (Å²) in [7, 11) is 0. The van der Waals surface area contributed by atoms with Crippen LogP contribution >= 0.6 is 0 Å². The van der Waals surface area contributed by atoms with Gasteiger partial charge in [0.05, 0.1) is 6.61 Å². The molecule has 0 atom stereocenters. The largest absolute Gasteiger partial charge is 0.302 e. The van der Waals surface area contributed by atoms with Gasteiger partial charge in [-0.3, -0.25) is 0 Å². The van der Waals surface area contributed by atoms with Gasteiger partial charge in [0, 0.05) is 6.54 Å². The van der Waals surface area contributed by atoms with Crippen molar-refractivity contribution in [3.63, 3.8) is 0 Å². The SMILES string of the molecule is CCCCCCCCCCCCCCCCCCONCC1CCCCC1. The van der Waals surface area contributed by atoms with Crippen LogP contribution in [0.1, 0.15) is 142 Å². The average Bonchev–Trinajstić information content (AvgIpc) is 2.70. The summed E-state index contributed by atoms with van der Waals surface area (Å²) in [6.45, 7) is 4.26. The van der Waals surface area contributed by atoms with E-state index in [1.54, 1.807) is 0 Å². The number of hydrogen-bond acceptors (Lipinski definition) is 2. The first kappa shape index (κ1) is 25.0. The van der Waals surface area contributed by atoms with Crippen molar-refractivity contribution < 1.29 is 4.84 Å². The molecule has 2 nitrogen and oxygen atoms in total. The molecule has 0 amide bonds. The molecule has 0 aliphatic heterocycles.